The summed E-state index contributed by atoms with van der Waals surface area (Å²) in [5.41, 5.74) is 0.485. The lowest BCUT2D eigenvalue weighted by molar-refractivity contribution is 0.0949. The van der Waals surface area contributed by atoms with Crippen LogP contribution < -0.4 is 5.32 Å². The Labute approximate surface area is 103 Å². The number of carbonyl (C=O) groups is 1. The van der Waals surface area contributed by atoms with Crippen LogP contribution in [0.4, 0.5) is 0 Å². The lowest BCUT2D eigenvalue weighted by Gasteiger charge is -2.05. The van der Waals surface area contributed by atoms with Gasteiger partial charge in [0.15, 0.2) is 0 Å². The van der Waals surface area contributed by atoms with Crippen molar-refractivity contribution in [3.63, 3.8) is 0 Å². The van der Waals surface area contributed by atoms with E-state index in [0.29, 0.717) is 17.3 Å². The molecule has 2 aromatic heterocycles. The molecule has 2 rings (SSSR count). The van der Waals surface area contributed by atoms with Crippen LogP contribution in [-0.2, 0) is 13.6 Å². The first kappa shape index (κ1) is 11.6. The normalized spacial score (nSPS) is 10.2. The van der Waals surface area contributed by atoms with Crippen molar-refractivity contribution in [2.75, 3.05) is 0 Å². The second kappa shape index (κ2) is 4.97. The average molecular weight is 251 g/mol. The van der Waals surface area contributed by atoms with Crippen LogP contribution in [-0.4, -0.2) is 20.4 Å². The number of nitrogens with zero attached hydrogens (tertiary/aromatic N) is 3. The van der Waals surface area contributed by atoms with Gasteiger partial charge in [0.05, 0.1) is 6.54 Å². The molecule has 0 saturated carbocycles. The van der Waals surface area contributed by atoms with Crippen molar-refractivity contribution in [1.29, 1.82) is 0 Å². The summed E-state index contributed by atoms with van der Waals surface area (Å²) in [4.78, 5) is 19.7. The molecule has 0 atom stereocenters. The van der Waals surface area contributed by atoms with Gasteiger partial charge in [-0.1, -0.05) is 11.6 Å². The molecule has 0 radical (unpaired) electrons. The van der Waals surface area contributed by atoms with E-state index < -0.39 is 0 Å². The van der Waals surface area contributed by atoms with Crippen molar-refractivity contribution >= 4 is 17.5 Å². The highest BCUT2D eigenvalue weighted by Gasteiger charge is 2.07. The Balaban J connectivity index is 2.01. The molecule has 0 aliphatic heterocycles. The fourth-order valence-electron chi connectivity index (χ4n) is 1.37. The summed E-state index contributed by atoms with van der Waals surface area (Å²) >= 11 is 5.71. The maximum Gasteiger partial charge on any atom is 0.251 e. The van der Waals surface area contributed by atoms with Gasteiger partial charge in [-0.25, -0.2) is 9.97 Å². The SMILES string of the molecule is Cn1ccnc1CNC(=O)c1ccnc(Cl)c1. The first-order valence-corrected chi connectivity index (χ1v) is 5.40. The Morgan fingerprint density at radius 3 is 2.94 bits per heavy atom. The van der Waals surface area contributed by atoms with E-state index in [9.17, 15) is 4.79 Å². The minimum Gasteiger partial charge on any atom is -0.345 e. The van der Waals surface area contributed by atoms with Crippen LogP contribution >= 0.6 is 11.6 Å². The fraction of sp³-hybridized carbons (Fsp3) is 0.182. The van der Waals surface area contributed by atoms with E-state index >= 15 is 0 Å². The number of pyridine rings is 1. The molecular formula is C11H11ClN4O. The summed E-state index contributed by atoms with van der Waals surface area (Å²) in [6.45, 7) is 0.377. The summed E-state index contributed by atoms with van der Waals surface area (Å²) in [6.07, 6.45) is 5.01. The molecule has 17 heavy (non-hydrogen) atoms. The van der Waals surface area contributed by atoms with Gasteiger partial charge in [0.25, 0.3) is 5.91 Å². The summed E-state index contributed by atoms with van der Waals surface area (Å²) < 4.78 is 1.85. The quantitative estimate of drug-likeness (QED) is 0.838. The van der Waals surface area contributed by atoms with Gasteiger partial charge in [-0.3, -0.25) is 4.79 Å². The van der Waals surface area contributed by atoms with Crippen LogP contribution in [0.15, 0.2) is 30.7 Å². The Morgan fingerprint density at radius 2 is 2.29 bits per heavy atom. The molecule has 2 aromatic rings. The monoisotopic (exact) mass is 250 g/mol. The van der Waals surface area contributed by atoms with E-state index in [1.54, 1.807) is 12.3 Å². The predicted octanol–water partition coefficient (Wildman–Crippen LogP) is 1.40. The van der Waals surface area contributed by atoms with E-state index in [2.05, 4.69) is 15.3 Å². The van der Waals surface area contributed by atoms with Crippen LogP contribution in [0.1, 0.15) is 16.2 Å². The number of hydrogen-bond donors (Lipinski definition) is 1. The van der Waals surface area contributed by atoms with E-state index in [1.165, 1.54) is 12.3 Å². The second-order valence-electron chi connectivity index (χ2n) is 3.50. The lowest BCUT2D eigenvalue weighted by Crippen LogP contribution is -2.24. The van der Waals surface area contributed by atoms with E-state index in [1.807, 2.05) is 17.8 Å². The molecule has 1 N–H and O–H groups in total. The minimum absolute atomic E-state index is 0.197. The Kier molecular flexibility index (Phi) is 3.39. The molecular weight excluding hydrogens is 240 g/mol. The van der Waals surface area contributed by atoms with Gasteiger partial charge >= 0.3 is 0 Å². The van der Waals surface area contributed by atoms with E-state index in [4.69, 9.17) is 11.6 Å². The number of hydrogen-bond acceptors (Lipinski definition) is 3. The minimum atomic E-state index is -0.197. The maximum atomic E-state index is 11.8. The van der Waals surface area contributed by atoms with Crippen LogP contribution in [0, 0.1) is 0 Å². The van der Waals surface area contributed by atoms with Gasteiger partial charge in [0.1, 0.15) is 11.0 Å². The third kappa shape index (κ3) is 2.82. The van der Waals surface area contributed by atoms with Gasteiger partial charge in [-0.15, -0.1) is 0 Å². The van der Waals surface area contributed by atoms with Gasteiger partial charge in [0, 0.05) is 31.2 Å². The van der Waals surface area contributed by atoms with Crippen molar-refractivity contribution in [1.82, 2.24) is 19.9 Å². The molecule has 0 aromatic carbocycles. The second-order valence-corrected chi connectivity index (χ2v) is 3.89. The predicted molar refractivity (Wildman–Crippen MR) is 63.6 cm³/mol. The summed E-state index contributed by atoms with van der Waals surface area (Å²) in [7, 11) is 1.87. The van der Waals surface area contributed by atoms with E-state index in [-0.39, 0.29) is 5.91 Å². The Hall–Kier alpha value is -1.88. The summed E-state index contributed by atoms with van der Waals surface area (Å²) in [6, 6.07) is 3.13. The molecule has 88 valence electrons. The van der Waals surface area contributed by atoms with Crippen molar-refractivity contribution in [3.8, 4) is 0 Å². The van der Waals surface area contributed by atoms with Gasteiger partial charge in [-0.05, 0) is 12.1 Å². The molecule has 2 heterocycles. The third-order valence-corrected chi connectivity index (χ3v) is 2.52. The first-order valence-electron chi connectivity index (χ1n) is 5.03. The number of nitrogens with one attached hydrogen (secondary N) is 1. The zero-order valence-corrected chi connectivity index (χ0v) is 9.98. The van der Waals surface area contributed by atoms with Crippen LogP contribution in [0.5, 0.6) is 0 Å². The number of carbonyl (C=O) groups excluding carboxylic acids is 1. The molecule has 0 fully saturated rings. The standard InChI is InChI=1S/C11H11ClN4O/c1-16-5-4-14-10(16)7-15-11(17)8-2-3-13-9(12)6-8/h2-6H,7H2,1H3,(H,15,17). The number of aryl methyl sites for hydroxylation is 1. The highest BCUT2D eigenvalue weighted by Crippen LogP contribution is 2.07. The molecule has 5 nitrogen and oxygen atoms in total. The number of halogens is 1. The van der Waals surface area contributed by atoms with Crippen molar-refractivity contribution in [2.45, 2.75) is 6.54 Å². The molecule has 0 aliphatic carbocycles. The highest BCUT2D eigenvalue weighted by atomic mass is 35.5. The highest BCUT2D eigenvalue weighted by molar-refractivity contribution is 6.29. The largest absolute Gasteiger partial charge is 0.345 e. The van der Waals surface area contributed by atoms with Gasteiger partial charge in [-0.2, -0.15) is 0 Å². The number of amides is 1. The fourth-order valence-corrected chi connectivity index (χ4v) is 1.55. The number of imidazole rings is 1. The zero-order valence-electron chi connectivity index (χ0n) is 9.22. The molecule has 0 spiro atoms. The van der Waals surface area contributed by atoms with Crippen molar-refractivity contribution in [2.24, 2.45) is 7.05 Å². The molecule has 0 bridgehead atoms. The third-order valence-electron chi connectivity index (χ3n) is 2.32. The van der Waals surface area contributed by atoms with Crippen molar-refractivity contribution < 1.29 is 4.79 Å². The molecule has 0 saturated heterocycles. The Morgan fingerprint density at radius 1 is 1.47 bits per heavy atom. The van der Waals surface area contributed by atoms with Crippen molar-refractivity contribution in [3.05, 3.63) is 47.3 Å². The summed E-state index contributed by atoms with van der Waals surface area (Å²) in [5, 5.41) is 3.06. The van der Waals surface area contributed by atoms with Gasteiger partial charge in [0.2, 0.25) is 0 Å². The zero-order chi connectivity index (χ0) is 12.3. The van der Waals surface area contributed by atoms with Gasteiger partial charge < -0.3 is 9.88 Å². The van der Waals surface area contributed by atoms with Crippen LogP contribution in [0.2, 0.25) is 5.15 Å². The first-order chi connectivity index (χ1) is 8.16. The lowest BCUT2D eigenvalue weighted by atomic mass is 10.2. The number of rotatable bonds is 3. The van der Waals surface area contributed by atoms with E-state index in [0.717, 1.165) is 5.82 Å². The smallest absolute Gasteiger partial charge is 0.251 e. The number of aromatic nitrogens is 3. The molecule has 1 amide bonds. The topological polar surface area (TPSA) is 59.8 Å². The Bertz CT molecular complexity index is 538. The average Bonchev–Trinajstić information content (AvgIpc) is 2.72. The summed E-state index contributed by atoms with van der Waals surface area (Å²) in [5.74, 6) is 0.593. The molecule has 0 aliphatic rings. The van der Waals surface area contributed by atoms with Crippen LogP contribution in [0.25, 0.3) is 0 Å². The molecule has 6 heteroatoms. The molecule has 0 unspecified atom stereocenters. The van der Waals surface area contributed by atoms with Crippen LogP contribution in [0.3, 0.4) is 0 Å². The maximum absolute atomic E-state index is 11.8.